The van der Waals surface area contributed by atoms with Crippen molar-refractivity contribution >= 4 is 21.7 Å². The molecule has 2 aliphatic rings. The maximum atomic E-state index is 2.60. The maximum Gasteiger partial charge on any atom is 0.0397 e. The van der Waals surface area contributed by atoms with Crippen molar-refractivity contribution < 1.29 is 26.2 Å². The van der Waals surface area contributed by atoms with E-state index in [4.69, 9.17) is 0 Å². The summed E-state index contributed by atoms with van der Waals surface area (Å²) in [4.78, 5) is 0. The Morgan fingerprint density at radius 1 is 0.500 bits per heavy atom. The van der Waals surface area contributed by atoms with Gasteiger partial charge in [-0.2, -0.15) is 0 Å². The minimum atomic E-state index is 0. The SMILES string of the molecule is CCCCCCC1=Cc2c(-c3ccc(C)cc3)cccc2C1C[Si]CC1C(CCCCCC)=Cc2c(-c3ccc(C)cc3)cccc21.[Zr]. The number of hydrogen-bond acceptors (Lipinski definition) is 0. The summed E-state index contributed by atoms with van der Waals surface area (Å²) in [5, 5.41) is 0. The number of fused-ring (bicyclic) bond motifs is 2. The summed E-state index contributed by atoms with van der Waals surface area (Å²) in [5.41, 5.74) is 17.7. The molecule has 2 unspecified atom stereocenters. The summed E-state index contributed by atoms with van der Waals surface area (Å²) in [5.74, 6) is 1.12. The molecule has 0 amide bonds. The minimum Gasteiger partial charge on any atom is -0.0654 e. The van der Waals surface area contributed by atoms with Gasteiger partial charge in [0.15, 0.2) is 0 Å². The van der Waals surface area contributed by atoms with E-state index in [2.05, 4.69) is 125 Å². The second-order valence-electron chi connectivity index (χ2n) is 14.2. The zero-order valence-corrected chi connectivity index (χ0v) is 33.3. The monoisotopic (exact) mass is 724 g/mol. The second-order valence-corrected chi connectivity index (χ2v) is 15.5. The van der Waals surface area contributed by atoms with Crippen molar-refractivity contribution in [3.8, 4) is 22.3 Å². The largest absolute Gasteiger partial charge is 0.0654 e. The van der Waals surface area contributed by atoms with E-state index in [9.17, 15) is 0 Å². The third kappa shape index (κ3) is 8.60. The summed E-state index contributed by atoms with van der Waals surface area (Å²) >= 11 is 0. The number of unbranched alkanes of at least 4 members (excludes halogenated alkanes) is 6. The van der Waals surface area contributed by atoms with Crippen LogP contribution in [0.1, 0.15) is 123 Å². The molecule has 0 nitrogen and oxygen atoms in total. The van der Waals surface area contributed by atoms with Gasteiger partial charge in [-0.3, -0.25) is 0 Å². The predicted octanol–water partition coefficient (Wildman–Crippen LogP) is 13.8. The molecule has 2 radical (unpaired) electrons. The van der Waals surface area contributed by atoms with Crippen LogP contribution in [0.5, 0.6) is 0 Å². The first-order valence-corrected chi connectivity index (χ1v) is 20.0. The number of rotatable bonds is 16. The third-order valence-corrected chi connectivity index (χ3v) is 12.0. The molecule has 0 N–H and O–H groups in total. The predicted molar refractivity (Wildman–Crippen MR) is 208 cm³/mol. The second kappa shape index (κ2) is 17.9. The summed E-state index contributed by atoms with van der Waals surface area (Å²) in [6, 6.07) is 35.0. The number of allylic oxidation sites excluding steroid dienone is 2. The van der Waals surface area contributed by atoms with Crippen molar-refractivity contribution in [2.24, 2.45) is 0 Å². The topological polar surface area (TPSA) is 0 Å². The molecule has 0 saturated carbocycles. The van der Waals surface area contributed by atoms with Gasteiger partial charge >= 0.3 is 0 Å². The van der Waals surface area contributed by atoms with Crippen LogP contribution in [0.3, 0.4) is 0 Å². The van der Waals surface area contributed by atoms with Gasteiger partial charge in [0.1, 0.15) is 0 Å². The fourth-order valence-corrected chi connectivity index (χ4v) is 9.60. The molecule has 0 bridgehead atoms. The smallest absolute Gasteiger partial charge is 0.0397 e. The van der Waals surface area contributed by atoms with E-state index in [0.717, 1.165) is 9.52 Å². The number of hydrogen-bond donors (Lipinski definition) is 0. The van der Waals surface area contributed by atoms with E-state index in [1.807, 2.05) is 0 Å². The van der Waals surface area contributed by atoms with Gasteiger partial charge < -0.3 is 0 Å². The third-order valence-electron chi connectivity index (χ3n) is 10.6. The Morgan fingerprint density at radius 3 is 1.31 bits per heavy atom. The molecule has 48 heavy (non-hydrogen) atoms. The molecule has 246 valence electrons. The molecule has 0 aliphatic heterocycles. The van der Waals surface area contributed by atoms with Gasteiger partial charge in [0, 0.05) is 47.6 Å². The van der Waals surface area contributed by atoms with Crippen LogP contribution in [0.4, 0.5) is 0 Å². The molecule has 0 heterocycles. The van der Waals surface area contributed by atoms with Crippen LogP contribution in [0, 0.1) is 13.8 Å². The summed E-state index contributed by atoms with van der Waals surface area (Å²) < 4.78 is 0. The molecule has 0 spiro atoms. The molecule has 0 aromatic heterocycles. The van der Waals surface area contributed by atoms with E-state index in [1.54, 1.807) is 22.3 Å². The summed E-state index contributed by atoms with van der Waals surface area (Å²) in [7, 11) is 0.949. The van der Waals surface area contributed by atoms with Crippen molar-refractivity contribution in [1.29, 1.82) is 0 Å². The fourth-order valence-electron chi connectivity index (χ4n) is 7.90. The van der Waals surface area contributed by atoms with E-state index in [-0.39, 0.29) is 26.2 Å². The number of aryl methyl sites for hydroxylation is 2. The van der Waals surface area contributed by atoms with Crippen LogP contribution in [0.15, 0.2) is 96.1 Å². The first kappa shape index (κ1) is 36.7. The van der Waals surface area contributed by atoms with Crippen molar-refractivity contribution in [3.63, 3.8) is 0 Å². The number of benzene rings is 4. The van der Waals surface area contributed by atoms with Gasteiger partial charge in [-0.05, 0) is 84.0 Å². The van der Waals surface area contributed by atoms with Crippen LogP contribution in [0.25, 0.3) is 34.4 Å². The van der Waals surface area contributed by atoms with Crippen LogP contribution >= 0.6 is 0 Å². The van der Waals surface area contributed by atoms with Gasteiger partial charge in [-0.15, -0.1) is 0 Å². The molecular formula is C46H54SiZr. The Kier molecular flexibility index (Phi) is 13.7. The Hall–Kier alpha value is -2.54. The normalized spacial score (nSPS) is 16.2. The van der Waals surface area contributed by atoms with Gasteiger partial charge in [0.25, 0.3) is 0 Å². The molecule has 2 atom stereocenters. The van der Waals surface area contributed by atoms with Crippen LogP contribution in [-0.2, 0) is 26.2 Å². The maximum absolute atomic E-state index is 2.60. The standard InChI is InChI=1S/C46H54Si.Zr/c1-5-7-9-11-15-37-29-43-39(35-25-21-33(3)22-26-35)17-13-19-41(43)45(37)31-47-32-46-38(16-12-10-8-6-2)30-44-40(18-14-20-42(44)46)36-27-23-34(4)24-28-36;/h13-14,17-30,45-46H,5-12,15-16,31-32H2,1-4H3;. The van der Waals surface area contributed by atoms with E-state index in [0.29, 0.717) is 11.8 Å². The van der Waals surface area contributed by atoms with Gasteiger partial charge in [-0.25, -0.2) is 0 Å². The molecular weight excluding hydrogens is 672 g/mol. The molecule has 6 rings (SSSR count). The van der Waals surface area contributed by atoms with Crippen molar-refractivity contribution in [3.05, 3.63) is 129 Å². The van der Waals surface area contributed by atoms with Gasteiger partial charge in [0.05, 0.1) is 0 Å². The fraction of sp³-hybridized carbons (Fsp3) is 0.391. The molecule has 4 aromatic rings. The first-order valence-electron chi connectivity index (χ1n) is 18.6. The Morgan fingerprint density at radius 2 is 0.917 bits per heavy atom. The summed E-state index contributed by atoms with van der Waals surface area (Å²) in [6.45, 7) is 9.00. The van der Waals surface area contributed by atoms with E-state index >= 15 is 0 Å². The van der Waals surface area contributed by atoms with Crippen molar-refractivity contribution in [1.82, 2.24) is 0 Å². The molecule has 4 aromatic carbocycles. The van der Waals surface area contributed by atoms with Crippen molar-refractivity contribution in [2.75, 3.05) is 0 Å². The first-order chi connectivity index (χ1) is 23.1. The van der Waals surface area contributed by atoms with Gasteiger partial charge in [-0.1, -0.05) is 184 Å². The van der Waals surface area contributed by atoms with Crippen LogP contribution in [-0.4, -0.2) is 9.52 Å². The Balaban J connectivity index is 0.00000451. The molecule has 2 heteroatoms. The Bertz CT molecular complexity index is 1560. The van der Waals surface area contributed by atoms with Crippen LogP contribution < -0.4 is 0 Å². The zero-order valence-electron chi connectivity index (χ0n) is 29.9. The van der Waals surface area contributed by atoms with Crippen molar-refractivity contribution in [2.45, 2.75) is 116 Å². The quantitative estimate of drug-likeness (QED) is 0.0797. The van der Waals surface area contributed by atoms with Crippen LogP contribution in [0.2, 0.25) is 12.1 Å². The zero-order chi connectivity index (χ0) is 32.6. The van der Waals surface area contributed by atoms with E-state index < -0.39 is 0 Å². The average Bonchev–Trinajstić information content (AvgIpc) is 3.63. The minimum absolute atomic E-state index is 0. The average molecular weight is 726 g/mol. The van der Waals surface area contributed by atoms with E-state index in [1.165, 1.54) is 121 Å². The Labute approximate surface area is 313 Å². The van der Waals surface area contributed by atoms with Gasteiger partial charge in [0.2, 0.25) is 0 Å². The molecule has 0 saturated heterocycles. The molecule has 0 fully saturated rings. The molecule has 2 aliphatic carbocycles. The summed E-state index contributed by atoms with van der Waals surface area (Å²) in [6.07, 6.45) is 18.3.